The summed E-state index contributed by atoms with van der Waals surface area (Å²) < 4.78 is 11.0. The molecule has 13 heavy (non-hydrogen) atoms. The third kappa shape index (κ3) is 1.47. The zero-order valence-electron chi connectivity index (χ0n) is 7.49. The fraction of sp³-hybridized carbons (Fsp3) is 0.400. The van der Waals surface area contributed by atoms with Gasteiger partial charge in [0.1, 0.15) is 6.61 Å². The van der Waals surface area contributed by atoms with E-state index in [0.29, 0.717) is 6.61 Å². The van der Waals surface area contributed by atoms with E-state index in [-0.39, 0.29) is 12.7 Å². The van der Waals surface area contributed by atoms with E-state index in [4.69, 9.17) is 14.6 Å². The van der Waals surface area contributed by atoms with Gasteiger partial charge in [0, 0.05) is 0 Å². The van der Waals surface area contributed by atoms with Crippen LogP contribution in [0.5, 0.6) is 11.5 Å². The van der Waals surface area contributed by atoms with E-state index >= 15 is 0 Å². The van der Waals surface area contributed by atoms with E-state index in [1.807, 2.05) is 25.1 Å². The molecule has 70 valence electrons. The second kappa shape index (κ2) is 3.26. The first-order valence-electron chi connectivity index (χ1n) is 4.31. The Labute approximate surface area is 76.9 Å². The zero-order chi connectivity index (χ0) is 9.26. The van der Waals surface area contributed by atoms with Gasteiger partial charge in [-0.15, -0.1) is 0 Å². The summed E-state index contributed by atoms with van der Waals surface area (Å²) >= 11 is 0. The van der Waals surface area contributed by atoms with E-state index in [1.165, 1.54) is 0 Å². The van der Waals surface area contributed by atoms with Crippen LogP contribution in [0.25, 0.3) is 0 Å². The van der Waals surface area contributed by atoms with Gasteiger partial charge in [0.2, 0.25) is 0 Å². The molecular formula is C10H12O3. The number of hydrogen-bond donors (Lipinski definition) is 1. The number of ether oxygens (including phenoxy) is 2. The van der Waals surface area contributed by atoms with Crippen LogP contribution in [-0.4, -0.2) is 24.4 Å². The predicted octanol–water partition coefficient (Wildman–Crippen LogP) is 1.13. The predicted molar refractivity (Wildman–Crippen MR) is 48.2 cm³/mol. The van der Waals surface area contributed by atoms with Crippen molar-refractivity contribution in [2.45, 2.75) is 13.0 Å². The molecule has 1 N–H and O–H groups in total. The second-order valence-electron chi connectivity index (χ2n) is 3.14. The quantitative estimate of drug-likeness (QED) is 0.704. The van der Waals surface area contributed by atoms with Gasteiger partial charge in [0.15, 0.2) is 17.6 Å². The topological polar surface area (TPSA) is 38.7 Å². The third-order valence-electron chi connectivity index (χ3n) is 2.09. The van der Waals surface area contributed by atoms with Gasteiger partial charge < -0.3 is 14.6 Å². The minimum atomic E-state index is -0.228. The van der Waals surface area contributed by atoms with Gasteiger partial charge in [-0.3, -0.25) is 0 Å². The maximum absolute atomic E-state index is 8.90. The van der Waals surface area contributed by atoms with Crippen LogP contribution < -0.4 is 9.47 Å². The van der Waals surface area contributed by atoms with Crippen LogP contribution in [0, 0.1) is 6.92 Å². The summed E-state index contributed by atoms with van der Waals surface area (Å²) in [5.74, 6) is 1.53. The molecule has 1 unspecified atom stereocenters. The van der Waals surface area contributed by atoms with Gasteiger partial charge in [-0.1, -0.05) is 12.1 Å². The minimum Gasteiger partial charge on any atom is -0.486 e. The first kappa shape index (κ1) is 8.38. The Balaban J connectivity index is 2.32. The summed E-state index contributed by atoms with van der Waals surface area (Å²) in [7, 11) is 0. The standard InChI is InChI=1S/C10H12O3/c1-7-3-2-4-9-10(7)13-8(5-11)6-12-9/h2-4,8,11H,5-6H2,1H3. The first-order chi connectivity index (χ1) is 6.31. The molecule has 1 aromatic carbocycles. The SMILES string of the molecule is Cc1cccc2c1OC(CO)CO2. The lowest BCUT2D eigenvalue weighted by molar-refractivity contribution is 0.0450. The molecule has 3 nitrogen and oxygen atoms in total. The lowest BCUT2D eigenvalue weighted by Crippen LogP contribution is -2.32. The number of aryl methyl sites for hydroxylation is 1. The van der Waals surface area contributed by atoms with Crippen molar-refractivity contribution in [2.75, 3.05) is 13.2 Å². The lowest BCUT2D eigenvalue weighted by Gasteiger charge is -2.26. The van der Waals surface area contributed by atoms with E-state index in [9.17, 15) is 0 Å². The molecular weight excluding hydrogens is 168 g/mol. The van der Waals surface area contributed by atoms with Gasteiger partial charge in [-0.05, 0) is 18.6 Å². The Kier molecular flexibility index (Phi) is 2.10. The number of aliphatic hydroxyl groups is 1. The van der Waals surface area contributed by atoms with Gasteiger partial charge in [-0.25, -0.2) is 0 Å². The number of hydrogen-bond acceptors (Lipinski definition) is 3. The Bertz CT molecular complexity index is 309. The number of para-hydroxylation sites is 1. The lowest BCUT2D eigenvalue weighted by atomic mass is 10.2. The Morgan fingerprint density at radius 1 is 1.54 bits per heavy atom. The molecule has 2 rings (SSSR count). The Morgan fingerprint density at radius 2 is 2.38 bits per heavy atom. The molecule has 1 heterocycles. The molecule has 0 radical (unpaired) electrons. The average molecular weight is 180 g/mol. The van der Waals surface area contributed by atoms with Crippen molar-refractivity contribution in [3.8, 4) is 11.5 Å². The first-order valence-corrected chi connectivity index (χ1v) is 4.31. The van der Waals surface area contributed by atoms with Crippen molar-refractivity contribution < 1.29 is 14.6 Å². The molecule has 3 heteroatoms. The molecule has 0 bridgehead atoms. The van der Waals surface area contributed by atoms with E-state index in [1.54, 1.807) is 0 Å². The smallest absolute Gasteiger partial charge is 0.164 e. The van der Waals surface area contributed by atoms with Crippen molar-refractivity contribution >= 4 is 0 Å². The van der Waals surface area contributed by atoms with E-state index in [0.717, 1.165) is 17.1 Å². The van der Waals surface area contributed by atoms with Crippen LogP contribution in [0.1, 0.15) is 5.56 Å². The van der Waals surface area contributed by atoms with Crippen LogP contribution >= 0.6 is 0 Å². The van der Waals surface area contributed by atoms with Crippen molar-refractivity contribution in [2.24, 2.45) is 0 Å². The summed E-state index contributed by atoms with van der Waals surface area (Å²) in [4.78, 5) is 0. The van der Waals surface area contributed by atoms with Crippen molar-refractivity contribution in [3.05, 3.63) is 23.8 Å². The normalized spacial score (nSPS) is 20.0. The van der Waals surface area contributed by atoms with Gasteiger partial charge >= 0.3 is 0 Å². The highest BCUT2D eigenvalue weighted by Gasteiger charge is 2.21. The number of aliphatic hydroxyl groups excluding tert-OH is 1. The monoisotopic (exact) mass is 180 g/mol. The van der Waals surface area contributed by atoms with E-state index < -0.39 is 0 Å². The van der Waals surface area contributed by atoms with Crippen molar-refractivity contribution in [1.29, 1.82) is 0 Å². The molecule has 1 aliphatic heterocycles. The molecule has 0 saturated heterocycles. The largest absolute Gasteiger partial charge is 0.486 e. The molecule has 1 atom stereocenters. The van der Waals surface area contributed by atoms with Gasteiger partial charge in [0.25, 0.3) is 0 Å². The maximum Gasteiger partial charge on any atom is 0.164 e. The fourth-order valence-corrected chi connectivity index (χ4v) is 1.36. The molecule has 1 aliphatic rings. The van der Waals surface area contributed by atoms with Crippen molar-refractivity contribution in [1.82, 2.24) is 0 Å². The van der Waals surface area contributed by atoms with E-state index in [2.05, 4.69) is 0 Å². The molecule has 0 saturated carbocycles. The van der Waals surface area contributed by atoms with Crippen LogP contribution in [-0.2, 0) is 0 Å². The minimum absolute atomic E-state index is 0.00618. The molecule has 0 spiro atoms. The highest BCUT2D eigenvalue weighted by Crippen LogP contribution is 2.34. The highest BCUT2D eigenvalue weighted by molar-refractivity contribution is 5.46. The van der Waals surface area contributed by atoms with Crippen LogP contribution in [0.15, 0.2) is 18.2 Å². The molecule has 1 aromatic rings. The summed E-state index contributed by atoms with van der Waals surface area (Å²) in [5, 5.41) is 8.90. The third-order valence-corrected chi connectivity index (χ3v) is 2.09. The second-order valence-corrected chi connectivity index (χ2v) is 3.14. The molecule has 0 aliphatic carbocycles. The van der Waals surface area contributed by atoms with Gasteiger partial charge in [-0.2, -0.15) is 0 Å². The fourth-order valence-electron chi connectivity index (χ4n) is 1.36. The Morgan fingerprint density at radius 3 is 3.15 bits per heavy atom. The zero-order valence-corrected chi connectivity index (χ0v) is 7.49. The maximum atomic E-state index is 8.90. The van der Waals surface area contributed by atoms with Crippen LogP contribution in [0.2, 0.25) is 0 Å². The van der Waals surface area contributed by atoms with Crippen LogP contribution in [0.3, 0.4) is 0 Å². The summed E-state index contributed by atoms with van der Waals surface area (Å²) in [6.07, 6.45) is -0.228. The van der Waals surface area contributed by atoms with Crippen molar-refractivity contribution in [3.63, 3.8) is 0 Å². The van der Waals surface area contributed by atoms with Gasteiger partial charge in [0.05, 0.1) is 6.61 Å². The summed E-state index contributed by atoms with van der Waals surface area (Å²) in [5.41, 5.74) is 1.04. The molecule has 0 amide bonds. The van der Waals surface area contributed by atoms with Crippen LogP contribution in [0.4, 0.5) is 0 Å². The number of fused-ring (bicyclic) bond motifs is 1. The Hall–Kier alpha value is -1.22. The average Bonchev–Trinajstić information content (AvgIpc) is 2.18. The molecule has 0 fully saturated rings. The molecule has 0 aromatic heterocycles. The summed E-state index contributed by atoms with van der Waals surface area (Å²) in [6, 6.07) is 5.76. The number of benzene rings is 1. The highest BCUT2D eigenvalue weighted by atomic mass is 16.6. The number of rotatable bonds is 1. The summed E-state index contributed by atoms with van der Waals surface area (Å²) in [6.45, 7) is 2.38.